The number of hydrogen-bond acceptors (Lipinski definition) is 1. The average Bonchev–Trinajstić information content (AvgIpc) is 3.27. The Kier molecular flexibility index (Phi) is 4.70. The summed E-state index contributed by atoms with van der Waals surface area (Å²) in [4.78, 5) is 2.45. The molecule has 0 saturated heterocycles. The summed E-state index contributed by atoms with van der Waals surface area (Å²) in [5, 5.41) is 2.59. The third kappa shape index (κ3) is 3.33. The summed E-state index contributed by atoms with van der Waals surface area (Å²) in [6.45, 7) is 1.07. The van der Waals surface area contributed by atoms with Gasteiger partial charge in [0, 0.05) is 34.4 Å². The molecule has 2 nitrogen and oxygen atoms in total. The maximum absolute atomic E-state index is 2.45. The molecule has 7 rings (SSSR count). The highest BCUT2D eigenvalue weighted by molar-refractivity contribution is 6.09. The number of nitrogens with zero attached hydrogens (tertiary/aromatic N) is 2. The number of aryl methyl sites for hydroxylation is 1. The Bertz CT molecular complexity index is 1600. The van der Waals surface area contributed by atoms with Crippen molar-refractivity contribution in [2.24, 2.45) is 0 Å². The molecule has 1 aliphatic rings. The van der Waals surface area contributed by atoms with Crippen LogP contribution in [-0.4, -0.2) is 11.1 Å². The van der Waals surface area contributed by atoms with Gasteiger partial charge in [-0.25, -0.2) is 0 Å². The number of rotatable bonds is 3. The molecule has 168 valence electrons. The Morgan fingerprint density at radius 1 is 0.486 bits per heavy atom. The van der Waals surface area contributed by atoms with Crippen LogP contribution in [0, 0.1) is 0 Å². The summed E-state index contributed by atoms with van der Waals surface area (Å²) >= 11 is 0. The van der Waals surface area contributed by atoms with Gasteiger partial charge in [-0.05, 0) is 72.0 Å². The predicted octanol–water partition coefficient (Wildman–Crippen LogP) is 8.54. The first-order valence-electron chi connectivity index (χ1n) is 12.4. The second-order valence-electron chi connectivity index (χ2n) is 9.35. The Morgan fingerprint density at radius 3 is 1.69 bits per heavy atom. The number of benzene rings is 5. The summed E-state index contributed by atoms with van der Waals surface area (Å²) in [5.41, 5.74) is 10.2. The lowest BCUT2D eigenvalue weighted by atomic mass is 10.00. The maximum Gasteiger partial charge on any atom is 0.0541 e. The van der Waals surface area contributed by atoms with Crippen LogP contribution in [0.3, 0.4) is 0 Å². The fourth-order valence-corrected chi connectivity index (χ4v) is 5.64. The number of para-hydroxylation sites is 3. The molecule has 2 heterocycles. The molecule has 0 amide bonds. The van der Waals surface area contributed by atoms with Gasteiger partial charge in [0.05, 0.1) is 11.0 Å². The molecule has 2 heteroatoms. The van der Waals surface area contributed by atoms with Gasteiger partial charge in [-0.3, -0.25) is 0 Å². The fourth-order valence-electron chi connectivity index (χ4n) is 5.64. The molecule has 0 atom stereocenters. The minimum Gasteiger partial charge on any atom is -0.341 e. The van der Waals surface area contributed by atoms with Gasteiger partial charge in [-0.15, -0.1) is 0 Å². The van der Waals surface area contributed by atoms with Gasteiger partial charge in [-0.1, -0.05) is 78.9 Å². The Labute approximate surface area is 205 Å². The first-order valence-corrected chi connectivity index (χ1v) is 12.4. The third-order valence-corrected chi connectivity index (χ3v) is 7.33. The molecule has 0 unspecified atom stereocenters. The van der Waals surface area contributed by atoms with Crippen molar-refractivity contribution in [1.82, 2.24) is 4.57 Å². The fraction of sp³-hybridized carbons (Fsp3) is 0.0909. The summed E-state index contributed by atoms with van der Waals surface area (Å²) in [6.07, 6.45) is 2.37. The van der Waals surface area contributed by atoms with Crippen LogP contribution in [0.1, 0.15) is 12.0 Å². The van der Waals surface area contributed by atoms with E-state index in [1.54, 1.807) is 0 Å². The Hall–Kier alpha value is -4.30. The SMILES string of the molecule is c1ccc2c(c1)CCCN2c1ccc(-c2ccc(-n3c4ccccc4c4ccccc43)cc2)cc1. The second-order valence-corrected chi connectivity index (χ2v) is 9.35. The van der Waals surface area contributed by atoms with Crippen LogP contribution in [0.4, 0.5) is 11.4 Å². The van der Waals surface area contributed by atoms with E-state index in [4.69, 9.17) is 0 Å². The number of hydrogen-bond donors (Lipinski definition) is 0. The van der Waals surface area contributed by atoms with Crippen molar-refractivity contribution in [2.75, 3.05) is 11.4 Å². The van der Waals surface area contributed by atoms with Crippen LogP contribution in [0.15, 0.2) is 121 Å². The number of anilines is 2. The van der Waals surface area contributed by atoms with E-state index in [9.17, 15) is 0 Å². The van der Waals surface area contributed by atoms with Gasteiger partial charge in [0.2, 0.25) is 0 Å². The van der Waals surface area contributed by atoms with E-state index in [1.165, 1.54) is 68.4 Å². The summed E-state index contributed by atoms with van der Waals surface area (Å²) < 4.78 is 2.37. The smallest absolute Gasteiger partial charge is 0.0541 e. The van der Waals surface area contributed by atoms with Crippen LogP contribution >= 0.6 is 0 Å². The van der Waals surface area contributed by atoms with E-state index in [1.807, 2.05) is 0 Å². The third-order valence-electron chi connectivity index (χ3n) is 7.33. The highest BCUT2D eigenvalue weighted by atomic mass is 15.1. The second kappa shape index (κ2) is 8.18. The average molecular weight is 451 g/mol. The molecule has 0 fully saturated rings. The molecule has 0 N–H and O–H groups in total. The predicted molar refractivity (Wildman–Crippen MR) is 148 cm³/mol. The van der Waals surface area contributed by atoms with Crippen molar-refractivity contribution >= 4 is 33.2 Å². The van der Waals surface area contributed by atoms with Gasteiger partial charge >= 0.3 is 0 Å². The first-order chi connectivity index (χ1) is 17.4. The monoisotopic (exact) mass is 450 g/mol. The Balaban J connectivity index is 1.23. The van der Waals surface area contributed by atoms with Crippen LogP contribution in [0.5, 0.6) is 0 Å². The highest BCUT2D eigenvalue weighted by Gasteiger charge is 2.17. The summed E-state index contributed by atoms with van der Waals surface area (Å²) in [5.74, 6) is 0. The topological polar surface area (TPSA) is 8.17 Å². The lowest BCUT2D eigenvalue weighted by molar-refractivity contribution is 0.767. The van der Waals surface area contributed by atoms with Crippen molar-refractivity contribution in [1.29, 1.82) is 0 Å². The van der Waals surface area contributed by atoms with E-state index < -0.39 is 0 Å². The minimum absolute atomic E-state index is 1.07. The van der Waals surface area contributed by atoms with E-state index in [0.717, 1.165) is 6.54 Å². The van der Waals surface area contributed by atoms with Gasteiger partial charge in [0.15, 0.2) is 0 Å². The Morgan fingerprint density at radius 2 is 1.03 bits per heavy atom. The quantitative estimate of drug-likeness (QED) is 0.262. The first kappa shape index (κ1) is 20.1. The molecule has 0 spiro atoms. The zero-order valence-electron chi connectivity index (χ0n) is 19.6. The number of fused-ring (bicyclic) bond motifs is 4. The molecule has 1 aliphatic heterocycles. The van der Waals surface area contributed by atoms with E-state index in [-0.39, 0.29) is 0 Å². The standard InChI is InChI=1S/C33H26N2/c1-4-12-31-26(8-1)9-7-23-34(31)27-19-15-24(16-20-27)25-17-21-28(22-18-25)35-32-13-5-2-10-29(32)30-11-3-6-14-33(30)35/h1-6,8,10-22H,7,9,23H2. The highest BCUT2D eigenvalue weighted by Crippen LogP contribution is 2.35. The van der Waals surface area contributed by atoms with Crippen LogP contribution in [0.2, 0.25) is 0 Å². The molecule has 0 bridgehead atoms. The van der Waals surface area contributed by atoms with Crippen molar-refractivity contribution in [3.8, 4) is 16.8 Å². The van der Waals surface area contributed by atoms with Crippen LogP contribution in [0.25, 0.3) is 38.6 Å². The van der Waals surface area contributed by atoms with Crippen LogP contribution in [-0.2, 0) is 6.42 Å². The van der Waals surface area contributed by atoms with Gasteiger partial charge in [0.25, 0.3) is 0 Å². The van der Waals surface area contributed by atoms with Gasteiger partial charge in [0.1, 0.15) is 0 Å². The molecule has 1 aromatic heterocycles. The zero-order valence-corrected chi connectivity index (χ0v) is 19.6. The molecule has 0 saturated carbocycles. The van der Waals surface area contributed by atoms with Crippen molar-refractivity contribution in [3.63, 3.8) is 0 Å². The minimum atomic E-state index is 1.07. The van der Waals surface area contributed by atoms with E-state index in [0.29, 0.717) is 0 Å². The lowest BCUT2D eigenvalue weighted by Crippen LogP contribution is -2.24. The van der Waals surface area contributed by atoms with Crippen molar-refractivity contribution in [2.45, 2.75) is 12.8 Å². The lowest BCUT2D eigenvalue weighted by Gasteiger charge is -2.31. The normalized spacial score (nSPS) is 13.3. The molecule has 5 aromatic carbocycles. The molecular formula is C33H26N2. The van der Waals surface area contributed by atoms with Crippen molar-refractivity contribution < 1.29 is 0 Å². The molecule has 6 aromatic rings. The van der Waals surface area contributed by atoms with E-state index >= 15 is 0 Å². The van der Waals surface area contributed by atoms with Gasteiger partial charge in [-0.2, -0.15) is 0 Å². The summed E-state index contributed by atoms with van der Waals surface area (Å²) in [6, 6.07) is 44.1. The van der Waals surface area contributed by atoms with Crippen LogP contribution < -0.4 is 4.90 Å². The largest absolute Gasteiger partial charge is 0.341 e. The maximum atomic E-state index is 2.45. The zero-order chi connectivity index (χ0) is 23.2. The molecule has 0 radical (unpaired) electrons. The van der Waals surface area contributed by atoms with Crippen molar-refractivity contribution in [3.05, 3.63) is 127 Å². The number of aromatic nitrogens is 1. The van der Waals surface area contributed by atoms with E-state index in [2.05, 4.69) is 131 Å². The van der Waals surface area contributed by atoms with Gasteiger partial charge < -0.3 is 9.47 Å². The molecule has 0 aliphatic carbocycles. The molecular weight excluding hydrogens is 424 g/mol. The summed E-state index contributed by atoms with van der Waals surface area (Å²) in [7, 11) is 0. The molecule has 35 heavy (non-hydrogen) atoms.